The van der Waals surface area contributed by atoms with E-state index in [1.54, 1.807) is 0 Å². The van der Waals surface area contributed by atoms with E-state index in [4.69, 9.17) is 9.47 Å². The van der Waals surface area contributed by atoms with Crippen LogP contribution in [0.5, 0.6) is 5.75 Å². The number of carbonyl (C=O) groups is 2. The van der Waals surface area contributed by atoms with Crippen molar-refractivity contribution in [1.82, 2.24) is 4.31 Å². The van der Waals surface area contributed by atoms with Crippen molar-refractivity contribution in [3.05, 3.63) is 59.7 Å². The summed E-state index contributed by atoms with van der Waals surface area (Å²) >= 11 is 0. The zero-order valence-electron chi connectivity index (χ0n) is 15.2. The monoisotopic (exact) mass is 405 g/mol. The summed E-state index contributed by atoms with van der Waals surface area (Å²) in [5.41, 5.74) is 0.540. The summed E-state index contributed by atoms with van der Waals surface area (Å²) in [5, 5.41) is 0. The van der Waals surface area contributed by atoms with E-state index in [2.05, 4.69) is 4.74 Å². The summed E-state index contributed by atoms with van der Waals surface area (Å²) in [6.07, 6.45) is 0. The highest BCUT2D eigenvalue weighted by Crippen LogP contribution is 2.19. The number of sulfonamides is 1. The topological polar surface area (TPSA) is 99.2 Å². The van der Waals surface area contributed by atoms with E-state index in [0.717, 1.165) is 0 Å². The summed E-state index contributed by atoms with van der Waals surface area (Å²) in [4.78, 5) is 23.8. The van der Waals surface area contributed by atoms with Crippen LogP contribution in [-0.2, 0) is 19.5 Å². The molecule has 0 aromatic heterocycles. The average molecular weight is 405 g/mol. The Bertz CT molecular complexity index is 947. The molecule has 148 valence electrons. The van der Waals surface area contributed by atoms with Gasteiger partial charge in [0.1, 0.15) is 5.75 Å². The van der Waals surface area contributed by atoms with Gasteiger partial charge in [0.15, 0.2) is 0 Å². The van der Waals surface area contributed by atoms with Gasteiger partial charge in [-0.05, 0) is 48.5 Å². The Labute approximate surface area is 162 Å². The fraction of sp³-hybridized carbons (Fsp3) is 0.263. The summed E-state index contributed by atoms with van der Waals surface area (Å²) in [6.45, 7) is 1.32. The summed E-state index contributed by atoms with van der Waals surface area (Å²) in [7, 11) is -2.34. The molecule has 0 spiro atoms. The number of hydrogen-bond donors (Lipinski definition) is 0. The molecule has 2 aromatic carbocycles. The van der Waals surface area contributed by atoms with Crippen molar-refractivity contribution in [2.45, 2.75) is 4.90 Å². The van der Waals surface area contributed by atoms with E-state index in [1.165, 1.54) is 59.9 Å². The predicted octanol–water partition coefficient (Wildman–Crippen LogP) is 1.71. The van der Waals surface area contributed by atoms with Crippen LogP contribution in [0.1, 0.15) is 20.7 Å². The van der Waals surface area contributed by atoms with Gasteiger partial charge in [0, 0.05) is 13.1 Å². The number of hydrogen-bond acceptors (Lipinski definition) is 7. The Kier molecular flexibility index (Phi) is 6.08. The number of carbonyl (C=O) groups excluding carboxylic acids is 2. The molecule has 0 radical (unpaired) electrons. The Hall–Kier alpha value is -2.75. The Morgan fingerprint density at radius 3 is 2.00 bits per heavy atom. The SMILES string of the molecule is COC(=O)c1ccc(OC(=O)c2ccc(S(=O)(=O)N3CCOCC3)cc2)cc1. The minimum absolute atomic E-state index is 0.105. The number of methoxy groups -OCH3 is 1. The minimum atomic E-state index is -3.62. The summed E-state index contributed by atoms with van der Waals surface area (Å²) in [5.74, 6) is -0.876. The third-order valence-corrected chi connectivity index (χ3v) is 6.10. The number of benzene rings is 2. The zero-order chi connectivity index (χ0) is 20.1. The van der Waals surface area contributed by atoms with Crippen LogP contribution in [0.4, 0.5) is 0 Å². The molecule has 0 unspecified atom stereocenters. The predicted molar refractivity (Wildman–Crippen MR) is 98.8 cm³/mol. The van der Waals surface area contributed by atoms with Crippen LogP contribution in [-0.4, -0.2) is 58.1 Å². The molecule has 0 aliphatic carbocycles. The van der Waals surface area contributed by atoms with Gasteiger partial charge >= 0.3 is 11.9 Å². The molecule has 2 aromatic rings. The van der Waals surface area contributed by atoms with Gasteiger partial charge in [-0.25, -0.2) is 18.0 Å². The maximum absolute atomic E-state index is 12.6. The average Bonchev–Trinajstić information content (AvgIpc) is 2.74. The van der Waals surface area contributed by atoms with Gasteiger partial charge < -0.3 is 14.2 Å². The van der Waals surface area contributed by atoms with E-state index >= 15 is 0 Å². The molecule has 0 N–H and O–H groups in total. The number of esters is 2. The van der Waals surface area contributed by atoms with Gasteiger partial charge in [-0.2, -0.15) is 4.31 Å². The molecule has 0 amide bonds. The van der Waals surface area contributed by atoms with Crippen molar-refractivity contribution in [3.63, 3.8) is 0 Å². The van der Waals surface area contributed by atoms with Crippen LogP contribution in [0.3, 0.4) is 0 Å². The molecular formula is C19H19NO7S. The first-order valence-electron chi connectivity index (χ1n) is 8.50. The fourth-order valence-electron chi connectivity index (χ4n) is 2.64. The minimum Gasteiger partial charge on any atom is -0.465 e. The van der Waals surface area contributed by atoms with E-state index < -0.39 is 22.0 Å². The summed E-state index contributed by atoms with van der Waals surface area (Å²) < 4.78 is 41.5. The van der Waals surface area contributed by atoms with Crippen molar-refractivity contribution in [2.75, 3.05) is 33.4 Å². The molecule has 0 bridgehead atoms. The second-order valence-electron chi connectivity index (χ2n) is 5.95. The molecule has 28 heavy (non-hydrogen) atoms. The highest BCUT2D eigenvalue weighted by atomic mass is 32.2. The molecule has 1 saturated heterocycles. The maximum Gasteiger partial charge on any atom is 0.343 e. The fourth-order valence-corrected chi connectivity index (χ4v) is 4.05. The molecule has 0 saturated carbocycles. The van der Waals surface area contributed by atoms with Gasteiger partial charge in [0.05, 0.1) is 36.3 Å². The van der Waals surface area contributed by atoms with Gasteiger partial charge in [0.2, 0.25) is 10.0 Å². The second kappa shape index (κ2) is 8.51. The van der Waals surface area contributed by atoms with Crippen molar-refractivity contribution in [3.8, 4) is 5.75 Å². The van der Waals surface area contributed by atoms with Crippen molar-refractivity contribution < 1.29 is 32.2 Å². The van der Waals surface area contributed by atoms with Crippen LogP contribution in [0.15, 0.2) is 53.4 Å². The van der Waals surface area contributed by atoms with Crippen LogP contribution in [0, 0.1) is 0 Å². The van der Waals surface area contributed by atoms with E-state index in [0.29, 0.717) is 31.9 Å². The lowest BCUT2D eigenvalue weighted by atomic mass is 10.2. The van der Waals surface area contributed by atoms with Gasteiger partial charge in [0.25, 0.3) is 0 Å². The first kappa shape index (κ1) is 20.0. The molecule has 0 atom stereocenters. The van der Waals surface area contributed by atoms with E-state index in [-0.39, 0.29) is 16.2 Å². The Morgan fingerprint density at radius 2 is 1.43 bits per heavy atom. The third-order valence-electron chi connectivity index (χ3n) is 4.18. The molecule has 1 aliphatic rings. The smallest absolute Gasteiger partial charge is 0.343 e. The first-order chi connectivity index (χ1) is 13.4. The molecular weight excluding hydrogens is 386 g/mol. The van der Waals surface area contributed by atoms with Gasteiger partial charge in [-0.3, -0.25) is 0 Å². The Morgan fingerprint density at radius 1 is 0.893 bits per heavy atom. The van der Waals surface area contributed by atoms with Gasteiger partial charge in [-0.15, -0.1) is 0 Å². The number of nitrogens with zero attached hydrogens (tertiary/aromatic N) is 1. The normalized spacial score (nSPS) is 15.0. The first-order valence-corrected chi connectivity index (χ1v) is 9.94. The maximum atomic E-state index is 12.6. The highest BCUT2D eigenvalue weighted by molar-refractivity contribution is 7.89. The lowest BCUT2D eigenvalue weighted by Crippen LogP contribution is -2.40. The van der Waals surface area contributed by atoms with E-state index in [9.17, 15) is 18.0 Å². The van der Waals surface area contributed by atoms with Gasteiger partial charge in [-0.1, -0.05) is 0 Å². The van der Waals surface area contributed by atoms with Crippen molar-refractivity contribution in [1.29, 1.82) is 0 Å². The second-order valence-corrected chi connectivity index (χ2v) is 7.88. The number of rotatable bonds is 5. The van der Waals surface area contributed by atoms with Crippen molar-refractivity contribution in [2.24, 2.45) is 0 Å². The Balaban J connectivity index is 1.69. The van der Waals surface area contributed by atoms with E-state index in [1.807, 2.05) is 0 Å². The number of morpholine rings is 1. The molecule has 1 aliphatic heterocycles. The standard InChI is InChI=1S/C19H19NO7S/c1-25-18(21)14-2-6-16(7-3-14)27-19(22)15-4-8-17(9-5-15)28(23,24)20-10-12-26-13-11-20/h2-9H,10-13H2,1H3. The molecule has 1 fully saturated rings. The molecule has 3 rings (SSSR count). The van der Waals surface area contributed by atoms with Crippen LogP contribution in [0.25, 0.3) is 0 Å². The van der Waals surface area contributed by atoms with Crippen LogP contribution in [0.2, 0.25) is 0 Å². The quantitative estimate of drug-likeness (QED) is 0.552. The largest absolute Gasteiger partial charge is 0.465 e. The van der Waals surface area contributed by atoms with Crippen LogP contribution >= 0.6 is 0 Å². The third kappa shape index (κ3) is 4.38. The molecule has 8 nitrogen and oxygen atoms in total. The zero-order valence-corrected chi connectivity index (χ0v) is 16.0. The summed E-state index contributed by atoms with van der Waals surface area (Å²) in [6, 6.07) is 11.5. The molecule has 9 heteroatoms. The van der Waals surface area contributed by atoms with Crippen LogP contribution < -0.4 is 4.74 Å². The molecule has 1 heterocycles. The van der Waals surface area contributed by atoms with Crippen molar-refractivity contribution >= 4 is 22.0 Å². The highest BCUT2D eigenvalue weighted by Gasteiger charge is 2.26. The lowest BCUT2D eigenvalue weighted by molar-refractivity contribution is 0.0600. The number of ether oxygens (including phenoxy) is 3. The lowest BCUT2D eigenvalue weighted by Gasteiger charge is -2.26.